The lowest BCUT2D eigenvalue weighted by Crippen LogP contribution is -2.56. The minimum Gasteiger partial charge on any atom is -0.497 e. The second kappa shape index (κ2) is 13.7. The molecule has 4 N–H and O–H groups in total. The smallest absolute Gasteiger partial charge is 0.247 e. The van der Waals surface area contributed by atoms with E-state index < -0.39 is 30.1 Å². The molecule has 4 rings (SSSR count). The van der Waals surface area contributed by atoms with E-state index in [1.54, 1.807) is 36.3 Å². The Hall–Kier alpha value is -3.86. The minimum absolute atomic E-state index is 0.0339. The molecule has 2 aliphatic rings. The number of hydrogen-bond acceptors (Lipinski definition) is 8. The van der Waals surface area contributed by atoms with Crippen LogP contribution in [0.5, 0.6) is 17.2 Å². The lowest BCUT2D eigenvalue weighted by atomic mass is 9.77. The molecule has 0 bridgehead atoms. The van der Waals surface area contributed by atoms with Crippen LogP contribution in [0.25, 0.3) is 0 Å². The van der Waals surface area contributed by atoms with Crippen LogP contribution in [0, 0.1) is 0 Å². The minimum atomic E-state index is -1.19. The maximum Gasteiger partial charge on any atom is 0.247 e. The van der Waals surface area contributed by atoms with Crippen molar-refractivity contribution in [3.05, 3.63) is 76.9 Å². The Kier molecular flexibility index (Phi) is 10.0. The monoisotopic (exact) mass is 566 g/mol. The normalized spacial score (nSPS) is 21.0. The molecule has 0 fully saturated rings. The number of ether oxygens (including phenoxy) is 3. The molecule has 220 valence electrons. The molecule has 0 saturated heterocycles. The highest BCUT2D eigenvalue weighted by Gasteiger charge is 2.51. The molecule has 4 atom stereocenters. The number of aliphatic hydroxyl groups is 3. The Morgan fingerprint density at radius 3 is 2.61 bits per heavy atom. The zero-order valence-electron chi connectivity index (χ0n) is 23.6. The SMILES string of the molecule is CCC=CC(=O)N(CCc1cccc(OC)c1)C1C=C(C(=O)NCCO)C2c3cc(CO)cc(OC)c3OC2C1O. The van der Waals surface area contributed by atoms with Gasteiger partial charge in [-0.15, -0.1) is 0 Å². The summed E-state index contributed by atoms with van der Waals surface area (Å²) in [5.74, 6) is 0.0103. The molecular formula is C31H38N2O8. The molecule has 0 saturated carbocycles. The zero-order valence-corrected chi connectivity index (χ0v) is 23.6. The van der Waals surface area contributed by atoms with E-state index in [9.17, 15) is 24.9 Å². The predicted molar refractivity (Wildman–Crippen MR) is 152 cm³/mol. The summed E-state index contributed by atoms with van der Waals surface area (Å²) < 4.78 is 17.1. The van der Waals surface area contributed by atoms with Crippen LogP contribution < -0.4 is 19.5 Å². The summed E-state index contributed by atoms with van der Waals surface area (Å²) in [4.78, 5) is 28.5. The van der Waals surface area contributed by atoms with Gasteiger partial charge in [-0.1, -0.05) is 25.1 Å². The average Bonchev–Trinajstić information content (AvgIpc) is 3.39. The summed E-state index contributed by atoms with van der Waals surface area (Å²) in [5.41, 5.74) is 2.41. The van der Waals surface area contributed by atoms with Crippen molar-refractivity contribution in [2.24, 2.45) is 0 Å². The summed E-state index contributed by atoms with van der Waals surface area (Å²) in [6.07, 6.45) is 3.90. The quantitative estimate of drug-likeness (QED) is 0.286. The van der Waals surface area contributed by atoms with Gasteiger partial charge in [0, 0.05) is 24.2 Å². The van der Waals surface area contributed by atoms with Gasteiger partial charge in [-0.3, -0.25) is 9.59 Å². The number of hydrogen-bond donors (Lipinski definition) is 4. The fourth-order valence-corrected chi connectivity index (χ4v) is 5.42. The Morgan fingerprint density at radius 2 is 1.93 bits per heavy atom. The van der Waals surface area contributed by atoms with Crippen molar-refractivity contribution < 1.29 is 39.1 Å². The highest BCUT2D eigenvalue weighted by molar-refractivity contribution is 5.96. The number of aliphatic hydroxyl groups excluding tert-OH is 3. The molecule has 2 amide bonds. The van der Waals surface area contributed by atoms with Gasteiger partial charge in [0.15, 0.2) is 11.5 Å². The van der Waals surface area contributed by atoms with Crippen molar-refractivity contribution in [3.8, 4) is 17.2 Å². The van der Waals surface area contributed by atoms with Crippen LogP contribution in [-0.4, -0.2) is 84.2 Å². The van der Waals surface area contributed by atoms with E-state index in [1.807, 2.05) is 31.2 Å². The van der Waals surface area contributed by atoms with Crippen molar-refractivity contribution in [2.45, 2.75) is 50.5 Å². The number of amides is 2. The third-order valence-corrected chi connectivity index (χ3v) is 7.41. The fraction of sp³-hybridized carbons (Fsp3) is 0.419. The van der Waals surface area contributed by atoms with E-state index >= 15 is 0 Å². The number of nitrogens with zero attached hydrogens (tertiary/aromatic N) is 1. The van der Waals surface area contributed by atoms with Crippen LogP contribution in [-0.2, 0) is 22.6 Å². The van der Waals surface area contributed by atoms with Gasteiger partial charge in [-0.05, 0) is 60.4 Å². The molecular weight excluding hydrogens is 528 g/mol. The first-order chi connectivity index (χ1) is 19.9. The van der Waals surface area contributed by atoms with Gasteiger partial charge in [-0.2, -0.15) is 0 Å². The largest absolute Gasteiger partial charge is 0.497 e. The second-order valence-electron chi connectivity index (χ2n) is 9.96. The molecule has 1 aliphatic carbocycles. The van der Waals surface area contributed by atoms with Gasteiger partial charge in [-0.25, -0.2) is 0 Å². The lowest BCUT2D eigenvalue weighted by Gasteiger charge is -2.40. The molecule has 2 aromatic rings. The van der Waals surface area contributed by atoms with Crippen molar-refractivity contribution in [2.75, 3.05) is 33.9 Å². The standard InChI is InChI=1S/C31H38N2O8/c1-4-5-9-26(36)33(12-10-19-7-6-8-21(14-19)39-2)24-17-23(31(38)32-11-13-34)27-22-15-20(18-35)16-25(40-3)29(22)41-30(27)28(24)37/h5-9,14-17,24,27-28,30,34-35,37H,4,10-13,18H2,1-3H3,(H,32,38). The van der Waals surface area contributed by atoms with E-state index in [0.29, 0.717) is 46.8 Å². The Balaban J connectivity index is 1.77. The number of carbonyl (C=O) groups excluding carboxylic acids is 2. The molecule has 0 spiro atoms. The molecule has 10 heteroatoms. The maximum absolute atomic E-state index is 13.5. The van der Waals surface area contributed by atoms with Gasteiger partial charge in [0.25, 0.3) is 0 Å². The predicted octanol–water partition coefficient (Wildman–Crippen LogP) is 1.86. The number of rotatable bonds is 12. The van der Waals surface area contributed by atoms with Gasteiger partial charge in [0.1, 0.15) is 18.0 Å². The summed E-state index contributed by atoms with van der Waals surface area (Å²) >= 11 is 0. The van der Waals surface area contributed by atoms with Crippen LogP contribution in [0.2, 0.25) is 0 Å². The Morgan fingerprint density at radius 1 is 1.12 bits per heavy atom. The Labute approximate surface area is 239 Å². The van der Waals surface area contributed by atoms with Gasteiger partial charge in [0.2, 0.25) is 11.8 Å². The molecule has 1 heterocycles. The highest BCUT2D eigenvalue weighted by Crippen LogP contribution is 2.51. The van der Waals surface area contributed by atoms with E-state index in [1.165, 1.54) is 13.2 Å². The van der Waals surface area contributed by atoms with E-state index in [0.717, 1.165) is 5.56 Å². The zero-order chi connectivity index (χ0) is 29.5. The van der Waals surface area contributed by atoms with Gasteiger partial charge < -0.3 is 39.7 Å². The molecule has 1 aliphatic heterocycles. The average molecular weight is 567 g/mol. The molecule has 4 unspecified atom stereocenters. The van der Waals surface area contributed by atoms with Crippen LogP contribution >= 0.6 is 0 Å². The number of carbonyl (C=O) groups is 2. The summed E-state index contributed by atoms with van der Waals surface area (Å²) in [6.45, 7) is 1.71. The van der Waals surface area contributed by atoms with Crippen molar-refractivity contribution in [1.29, 1.82) is 0 Å². The first-order valence-corrected chi connectivity index (χ1v) is 13.7. The third-order valence-electron chi connectivity index (χ3n) is 7.41. The first-order valence-electron chi connectivity index (χ1n) is 13.7. The number of benzene rings is 2. The maximum atomic E-state index is 13.5. The highest BCUT2D eigenvalue weighted by atomic mass is 16.5. The van der Waals surface area contributed by atoms with Gasteiger partial charge >= 0.3 is 0 Å². The van der Waals surface area contributed by atoms with E-state index in [4.69, 9.17) is 14.2 Å². The summed E-state index contributed by atoms with van der Waals surface area (Å²) in [6, 6.07) is 10.0. The van der Waals surface area contributed by atoms with Crippen molar-refractivity contribution >= 4 is 11.8 Å². The van der Waals surface area contributed by atoms with Crippen LogP contribution in [0.3, 0.4) is 0 Å². The second-order valence-corrected chi connectivity index (χ2v) is 9.96. The van der Waals surface area contributed by atoms with E-state index in [-0.39, 0.29) is 32.2 Å². The molecule has 41 heavy (non-hydrogen) atoms. The lowest BCUT2D eigenvalue weighted by molar-refractivity contribution is -0.132. The van der Waals surface area contributed by atoms with Gasteiger partial charge in [0.05, 0.1) is 39.4 Å². The van der Waals surface area contributed by atoms with Crippen LogP contribution in [0.4, 0.5) is 0 Å². The Bertz CT molecular complexity index is 1310. The topological polar surface area (TPSA) is 138 Å². The molecule has 10 nitrogen and oxygen atoms in total. The van der Waals surface area contributed by atoms with Crippen LogP contribution in [0.1, 0.15) is 36.0 Å². The number of fused-ring (bicyclic) bond motifs is 3. The summed E-state index contributed by atoms with van der Waals surface area (Å²) in [7, 11) is 3.07. The number of methoxy groups -OCH3 is 2. The summed E-state index contributed by atoms with van der Waals surface area (Å²) in [5, 5.41) is 33.6. The fourth-order valence-electron chi connectivity index (χ4n) is 5.42. The van der Waals surface area contributed by atoms with Crippen LogP contribution in [0.15, 0.2) is 60.2 Å². The molecule has 2 aromatic carbocycles. The van der Waals surface area contributed by atoms with Crippen molar-refractivity contribution in [1.82, 2.24) is 10.2 Å². The number of nitrogens with one attached hydrogen (secondary N) is 1. The molecule has 0 radical (unpaired) electrons. The third kappa shape index (κ3) is 6.40. The van der Waals surface area contributed by atoms with E-state index in [2.05, 4.69) is 5.32 Å². The van der Waals surface area contributed by atoms with Crippen molar-refractivity contribution in [3.63, 3.8) is 0 Å². The number of allylic oxidation sites excluding steroid dienone is 1. The first kappa shape index (κ1) is 30.1. The molecule has 0 aromatic heterocycles.